The lowest BCUT2D eigenvalue weighted by Crippen LogP contribution is -2.37. The predicted molar refractivity (Wildman–Crippen MR) is 70.2 cm³/mol. The first-order valence-electron chi connectivity index (χ1n) is 6.68. The van der Waals surface area contributed by atoms with Crippen molar-refractivity contribution in [1.82, 2.24) is 5.32 Å². The highest BCUT2D eigenvalue weighted by atomic mass is 14.9. The highest BCUT2D eigenvalue weighted by molar-refractivity contribution is 4.81. The van der Waals surface area contributed by atoms with Crippen molar-refractivity contribution in [2.45, 2.75) is 60.8 Å². The first-order chi connectivity index (χ1) is 6.97. The van der Waals surface area contributed by atoms with E-state index < -0.39 is 0 Å². The zero-order valence-corrected chi connectivity index (χ0v) is 11.7. The van der Waals surface area contributed by atoms with Crippen molar-refractivity contribution in [2.75, 3.05) is 13.1 Å². The van der Waals surface area contributed by atoms with Crippen molar-refractivity contribution in [3.63, 3.8) is 0 Å². The summed E-state index contributed by atoms with van der Waals surface area (Å²) in [4.78, 5) is 0. The maximum absolute atomic E-state index is 3.59. The van der Waals surface area contributed by atoms with Gasteiger partial charge in [0.1, 0.15) is 0 Å². The van der Waals surface area contributed by atoms with E-state index in [-0.39, 0.29) is 0 Å². The van der Waals surface area contributed by atoms with Gasteiger partial charge in [-0.05, 0) is 36.8 Å². The summed E-state index contributed by atoms with van der Waals surface area (Å²) < 4.78 is 0. The van der Waals surface area contributed by atoms with Crippen LogP contribution in [0, 0.1) is 17.3 Å². The summed E-state index contributed by atoms with van der Waals surface area (Å²) in [6, 6.07) is 0. The van der Waals surface area contributed by atoms with Crippen LogP contribution in [0.2, 0.25) is 0 Å². The van der Waals surface area contributed by atoms with Crippen molar-refractivity contribution < 1.29 is 0 Å². The monoisotopic (exact) mass is 213 g/mol. The maximum Gasteiger partial charge on any atom is -0.00129 e. The van der Waals surface area contributed by atoms with Crippen LogP contribution < -0.4 is 5.32 Å². The number of hydrogen-bond acceptors (Lipinski definition) is 1. The van der Waals surface area contributed by atoms with Gasteiger partial charge in [0.15, 0.2) is 0 Å². The van der Waals surface area contributed by atoms with Crippen LogP contribution in [0.25, 0.3) is 0 Å². The molecule has 0 fully saturated rings. The molecule has 15 heavy (non-hydrogen) atoms. The zero-order chi connectivity index (χ0) is 11.9. The lowest BCUT2D eigenvalue weighted by Gasteiger charge is -2.37. The van der Waals surface area contributed by atoms with Gasteiger partial charge in [-0.1, -0.05) is 54.4 Å². The largest absolute Gasteiger partial charge is 0.316 e. The van der Waals surface area contributed by atoms with Crippen LogP contribution in [-0.4, -0.2) is 13.1 Å². The molecule has 0 heterocycles. The Bertz CT molecular complexity index is 142. The molecule has 1 unspecified atom stereocenters. The van der Waals surface area contributed by atoms with Gasteiger partial charge in [-0.3, -0.25) is 0 Å². The Balaban J connectivity index is 4.30. The van der Waals surface area contributed by atoms with E-state index in [1.807, 2.05) is 0 Å². The van der Waals surface area contributed by atoms with E-state index in [9.17, 15) is 0 Å². The lowest BCUT2D eigenvalue weighted by molar-refractivity contribution is 0.146. The SMILES string of the molecule is CCCNCC(C(CC)CC)C(C)(C)C. The van der Waals surface area contributed by atoms with Crippen molar-refractivity contribution in [3.05, 3.63) is 0 Å². The minimum Gasteiger partial charge on any atom is -0.316 e. The third kappa shape index (κ3) is 5.55. The van der Waals surface area contributed by atoms with Crippen LogP contribution >= 0.6 is 0 Å². The molecule has 1 heteroatoms. The quantitative estimate of drug-likeness (QED) is 0.628. The normalized spacial score (nSPS) is 14.6. The van der Waals surface area contributed by atoms with Crippen molar-refractivity contribution >= 4 is 0 Å². The summed E-state index contributed by atoms with van der Waals surface area (Å²) in [6.45, 7) is 16.4. The smallest absolute Gasteiger partial charge is 0.00129 e. The molecule has 0 aromatic carbocycles. The summed E-state index contributed by atoms with van der Waals surface area (Å²) in [5, 5.41) is 3.59. The van der Waals surface area contributed by atoms with E-state index in [0.717, 1.165) is 18.4 Å². The topological polar surface area (TPSA) is 12.0 Å². The maximum atomic E-state index is 3.59. The lowest BCUT2D eigenvalue weighted by atomic mass is 9.71. The molecule has 0 saturated carbocycles. The van der Waals surface area contributed by atoms with Gasteiger partial charge in [-0.25, -0.2) is 0 Å². The van der Waals surface area contributed by atoms with E-state index >= 15 is 0 Å². The van der Waals surface area contributed by atoms with E-state index in [1.54, 1.807) is 0 Å². The molecule has 1 nitrogen and oxygen atoms in total. The molecule has 92 valence electrons. The standard InChI is InChI=1S/C14H31N/c1-7-10-15-11-13(14(4,5)6)12(8-2)9-3/h12-13,15H,7-11H2,1-6H3. The van der Waals surface area contributed by atoms with Gasteiger partial charge >= 0.3 is 0 Å². The Kier molecular flexibility index (Phi) is 7.25. The predicted octanol–water partition coefficient (Wildman–Crippen LogP) is 4.08. The van der Waals surface area contributed by atoms with Gasteiger partial charge in [-0.15, -0.1) is 0 Å². The summed E-state index contributed by atoms with van der Waals surface area (Å²) in [7, 11) is 0. The molecule has 0 amide bonds. The molecule has 0 aromatic rings. The molecule has 1 atom stereocenters. The highest BCUT2D eigenvalue weighted by Crippen LogP contribution is 2.34. The van der Waals surface area contributed by atoms with Gasteiger partial charge in [0.25, 0.3) is 0 Å². The van der Waals surface area contributed by atoms with Crippen LogP contribution in [0.15, 0.2) is 0 Å². The van der Waals surface area contributed by atoms with E-state index in [4.69, 9.17) is 0 Å². The van der Waals surface area contributed by atoms with Gasteiger partial charge in [0, 0.05) is 0 Å². The van der Waals surface area contributed by atoms with Gasteiger partial charge in [-0.2, -0.15) is 0 Å². The molecule has 0 bridgehead atoms. The Morgan fingerprint density at radius 1 is 1.00 bits per heavy atom. The molecular formula is C14H31N. The minimum atomic E-state index is 0.428. The Morgan fingerprint density at radius 3 is 1.87 bits per heavy atom. The molecule has 0 aromatic heterocycles. The molecule has 0 aliphatic carbocycles. The minimum absolute atomic E-state index is 0.428. The van der Waals surface area contributed by atoms with Crippen molar-refractivity contribution in [2.24, 2.45) is 17.3 Å². The summed E-state index contributed by atoms with van der Waals surface area (Å²) in [6.07, 6.45) is 3.86. The van der Waals surface area contributed by atoms with Crippen LogP contribution in [0.1, 0.15) is 60.8 Å². The molecular weight excluding hydrogens is 182 g/mol. The Morgan fingerprint density at radius 2 is 1.53 bits per heavy atom. The summed E-state index contributed by atoms with van der Waals surface area (Å²) >= 11 is 0. The second kappa shape index (κ2) is 7.27. The fourth-order valence-electron chi connectivity index (χ4n) is 2.47. The third-order valence-corrected chi connectivity index (χ3v) is 3.52. The second-order valence-electron chi connectivity index (χ2n) is 5.75. The van der Waals surface area contributed by atoms with Crippen LogP contribution in [0.4, 0.5) is 0 Å². The summed E-state index contributed by atoms with van der Waals surface area (Å²) in [5.74, 6) is 1.67. The number of rotatable bonds is 7. The second-order valence-corrected chi connectivity index (χ2v) is 5.75. The average Bonchev–Trinajstić information content (AvgIpc) is 2.16. The molecule has 0 rings (SSSR count). The molecule has 0 spiro atoms. The first kappa shape index (κ1) is 15.0. The zero-order valence-electron chi connectivity index (χ0n) is 11.7. The average molecular weight is 213 g/mol. The fourth-order valence-corrected chi connectivity index (χ4v) is 2.47. The highest BCUT2D eigenvalue weighted by Gasteiger charge is 2.29. The molecule has 0 aliphatic heterocycles. The van der Waals surface area contributed by atoms with Crippen molar-refractivity contribution in [1.29, 1.82) is 0 Å². The first-order valence-corrected chi connectivity index (χ1v) is 6.68. The van der Waals surface area contributed by atoms with E-state index in [0.29, 0.717) is 5.41 Å². The fraction of sp³-hybridized carbons (Fsp3) is 1.00. The number of nitrogens with one attached hydrogen (secondary N) is 1. The summed E-state index contributed by atoms with van der Waals surface area (Å²) in [5.41, 5.74) is 0.428. The van der Waals surface area contributed by atoms with Crippen molar-refractivity contribution in [3.8, 4) is 0 Å². The Labute approximate surface area is 97.0 Å². The molecule has 1 N–H and O–H groups in total. The third-order valence-electron chi connectivity index (χ3n) is 3.52. The Hall–Kier alpha value is -0.0400. The molecule has 0 saturated heterocycles. The molecule has 0 aliphatic rings. The number of hydrogen-bond donors (Lipinski definition) is 1. The van der Waals surface area contributed by atoms with Crippen LogP contribution in [0.3, 0.4) is 0 Å². The van der Waals surface area contributed by atoms with Gasteiger partial charge < -0.3 is 5.32 Å². The van der Waals surface area contributed by atoms with E-state index in [1.165, 1.54) is 25.8 Å². The molecule has 0 radical (unpaired) electrons. The van der Waals surface area contributed by atoms with Crippen LogP contribution in [-0.2, 0) is 0 Å². The van der Waals surface area contributed by atoms with Gasteiger partial charge in [0.05, 0.1) is 0 Å². The van der Waals surface area contributed by atoms with E-state index in [2.05, 4.69) is 46.9 Å². The van der Waals surface area contributed by atoms with Crippen LogP contribution in [0.5, 0.6) is 0 Å². The van der Waals surface area contributed by atoms with Gasteiger partial charge in [0.2, 0.25) is 0 Å².